The van der Waals surface area contributed by atoms with Crippen LogP contribution in [0, 0.1) is 0 Å². The first-order valence-electron chi connectivity index (χ1n) is 6.54. The van der Waals surface area contributed by atoms with Crippen LogP contribution in [0.3, 0.4) is 0 Å². The molecular weight excluding hydrogens is 304 g/mol. The molecule has 0 aliphatic rings. The zero-order valence-electron chi connectivity index (χ0n) is 11.8. The van der Waals surface area contributed by atoms with E-state index >= 15 is 0 Å². The van der Waals surface area contributed by atoms with Gasteiger partial charge >= 0.3 is 0 Å². The van der Waals surface area contributed by atoms with E-state index in [2.05, 4.69) is 0 Å². The first-order valence-corrected chi connectivity index (χ1v) is 8.60. The third kappa shape index (κ3) is 2.92. The third-order valence-corrected chi connectivity index (χ3v) is 4.08. The van der Waals surface area contributed by atoms with Gasteiger partial charge in [-0.25, -0.2) is 8.42 Å². The molecule has 2 aromatic carbocycles. The van der Waals surface area contributed by atoms with Crippen LogP contribution in [0.2, 0.25) is 0 Å². The van der Waals surface area contributed by atoms with Crippen molar-refractivity contribution in [3.8, 4) is 22.8 Å². The SMILES string of the molecule is CS(=O)(=O)Cc1cc(O)cc2cc(-c3ccc(O)cc3)oc12. The summed E-state index contributed by atoms with van der Waals surface area (Å²) in [6.45, 7) is 0. The van der Waals surface area contributed by atoms with Gasteiger partial charge in [0.05, 0.1) is 5.75 Å². The maximum absolute atomic E-state index is 11.5. The second kappa shape index (κ2) is 5.06. The number of phenols is 2. The predicted molar refractivity (Wildman–Crippen MR) is 83.5 cm³/mol. The minimum Gasteiger partial charge on any atom is -0.508 e. The lowest BCUT2D eigenvalue weighted by atomic mass is 10.1. The Morgan fingerprint density at radius 2 is 1.68 bits per heavy atom. The normalized spacial score (nSPS) is 11.9. The zero-order chi connectivity index (χ0) is 15.9. The summed E-state index contributed by atoms with van der Waals surface area (Å²) in [5.74, 6) is 0.468. The summed E-state index contributed by atoms with van der Waals surface area (Å²) in [4.78, 5) is 0. The van der Waals surface area contributed by atoms with Gasteiger partial charge in [0.2, 0.25) is 0 Å². The molecule has 0 saturated carbocycles. The summed E-state index contributed by atoms with van der Waals surface area (Å²) in [5.41, 5.74) is 1.60. The van der Waals surface area contributed by atoms with Crippen molar-refractivity contribution in [1.82, 2.24) is 0 Å². The average molecular weight is 318 g/mol. The van der Waals surface area contributed by atoms with E-state index in [0.29, 0.717) is 22.3 Å². The first kappa shape index (κ1) is 14.5. The van der Waals surface area contributed by atoms with E-state index in [-0.39, 0.29) is 17.3 Å². The van der Waals surface area contributed by atoms with Crippen molar-refractivity contribution in [3.63, 3.8) is 0 Å². The lowest BCUT2D eigenvalue weighted by Crippen LogP contribution is -2.00. The topological polar surface area (TPSA) is 87.7 Å². The van der Waals surface area contributed by atoms with E-state index in [0.717, 1.165) is 11.8 Å². The number of rotatable bonds is 3. The predicted octanol–water partition coefficient (Wildman–Crippen LogP) is 3.06. The number of hydrogen-bond acceptors (Lipinski definition) is 5. The number of furan rings is 1. The second-order valence-electron chi connectivity index (χ2n) is 5.25. The van der Waals surface area contributed by atoms with Gasteiger partial charge < -0.3 is 14.6 Å². The maximum Gasteiger partial charge on any atom is 0.151 e. The Labute approximate surface area is 127 Å². The fraction of sp³-hybridized carbons (Fsp3) is 0.125. The molecule has 2 N–H and O–H groups in total. The second-order valence-corrected chi connectivity index (χ2v) is 7.39. The van der Waals surface area contributed by atoms with Gasteiger partial charge in [-0.05, 0) is 42.5 Å². The van der Waals surface area contributed by atoms with Gasteiger partial charge in [0.15, 0.2) is 9.84 Å². The molecule has 3 aromatic rings. The molecule has 0 fully saturated rings. The lowest BCUT2D eigenvalue weighted by Gasteiger charge is -2.02. The quantitative estimate of drug-likeness (QED) is 0.775. The van der Waals surface area contributed by atoms with Crippen LogP contribution in [0.1, 0.15) is 5.56 Å². The average Bonchev–Trinajstić information content (AvgIpc) is 2.81. The molecule has 5 nitrogen and oxygen atoms in total. The number of sulfone groups is 1. The van der Waals surface area contributed by atoms with Crippen molar-refractivity contribution in [2.45, 2.75) is 5.75 Å². The van der Waals surface area contributed by atoms with Crippen LogP contribution in [-0.2, 0) is 15.6 Å². The Morgan fingerprint density at radius 1 is 1.00 bits per heavy atom. The van der Waals surface area contributed by atoms with Crippen molar-refractivity contribution >= 4 is 20.8 Å². The van der Waals surface area contributed by atoms with Crippen molar-refractivity contribution in [1.29, 1.82) is 0 Å². The molecule has 0 atom stereocenters. The molecule has 0 aliphatic heterocycles. The molecule has 0 amide bonds. The molecule has 114 valence electrons. The summed E-state index contributed by atoms with van der Waals surface area (Å²) in [6.07, 6.45) is 1.13. The molecule has 1 aromatic heterocycles. The Kier molecular flexibility index (Phi) is 3.33. The van der Waals surface area contributed by atoms with E-state index in [4.69, 9.17) is 4.42 Å². The smallest absolute Gasteiger partial charge is 0.151 e. The Bertz CT molecular complexity index is 937. The number of hydrogen-bond donors (Lipinski definition) is 2. The van der Waals surface area contributed by atoms with E-state index < -0.39 is 9.84 Å². The molecule has 0 bridgehead atoms. The first-order chi connectivity index (χ1) is 10.3. The minimum absolute atomic E-state index is 0.00999. The van der Waals surface area contributed by atoms with Crippen LogP contribution < -0.4 is 0 Å². The minimum atomic E-state index is -3.25. The van der Waals surface area contributed by atoms with E-state index in [1.165, 1.54) is 24.3 Å². The van der Waals surface area contributed by atoms with Gasteiger partial charge in [0.25, 0.3) is 0 Å². The summed E-state index contributed by atoms with van der Waals surface area (Å²) in [7, 11) is -3.25. The number of fused-ring (bicyclic) bond motifs is 1. The Morgan fingerprint density at radius 3 is 2.32 bits per heavy atom. The molecule has 0 spiro atoms. The van der Waals surface area contributed by atoms with Gasteiger partial charge in [-0.15, -0.1) is 0 Å². The van der Waals surface area contributed by atoms with Gasteiger partial charge in [-0.3, -0.25) is 0 Å². The van der Waals surface area contributed by atoms with Crippen molar-refractivity contribution in [2.75, 3.05) is 6.26 Å². The highest BCUT2D eigenvalue weighted by atomic mass is 32.2. The van der Waals surface area contributed by atoms with Crippen LogP contribution in [0.5, 0.6) is 11.5 Å². The molecule has 0 unspecified atom stereocenters. The van der Waals surface area contributed by atoms with E-state index in [1.54, 1.807) is 18.2 Å². The number of aromatic hydroxyl groups is 2. The molecular formula is C16H14O5S. The molecule has 0 radical (unpaired) electrons. The number of phenolic OH excluding ortho intramolecular Hbond substituents is 2. The monoisotopic (exact) mass is 318 g/mol. The molecule has 6 heteroatoms. The van der Waals surface area contributed by atoms with Crippen molar-refractivity contribution < 1.29 is 23.0 Å². The van der Waals surface area contributed by atoms with E-state index in [1.807, 2.05) is 0 Å². The Balaban J connectivity index is 2.16. The third-order valence-electron chi connectivity index (χ3n) is 3.25. The summed E-state index contributed by atoms with van der Waals surface area (Å²) in [6, 6.07) is 11.1. The molecule has 3 rings (SSSR count). The highest BCUT2D eigenvalue weighted by Gasteiger charge is 2.15. The van der Waals surface area contributed by atoms with E-state index in [9.17, 15) is 18.6 Å². The van der Waals surface area contributed by atoms with Gasteiger partial charge in [0.1, 0.15) is 22.8 Å². The van der Waals surface area contributed by atoms with Gasteiger partial charge in [-0.2, -0.15) is 0 Å². The van der Waals surface area contributed by atoms with Crippen molar-refractivity contribution in [3.05, 3.63) is 48.0 Å². The Hall–Kier alpha value is -2.47. The number of benzene rings is 2. The van der Waals surface area contributed by atoms with Crippen LogP contribution in [-0.4, -0.2) is 24.9 Å². The summed E-state index contributed by atoms with van der Waals surface area (Å²) < 4.78 is 28.8. The summed E-state index contributed by atoms with van der Waals surface area (Å²) in [5, 5.41) is 19.7. The van der Waals surface area contributed by atoms with Crippen LogP contribution >= 0.6 is 0 Å². The molecule has 22 heavy (non-hydrogen) atoms. The van der Waals surface area contributed by atoms with Crippen LogP contribution in [0.15, 0.2) is 46.9 Å². The van der Waals surface area contributed by atoms with Gasteiger partial charge in [0, 0.05) is 22.8 Å². The van der Waals surface area contributed by atoms with Crippen LogP contribution in [0.25, 0.3) is 22.3 Å². The summed E-state index contributed by atoms with van der Waals surface area (Å²) >= 11 is 0. The maximum atomic E-state index is 11.5. The largest absolute Gasteiger partial charge is 0.508 e. The molecule has 1 heterocycles. The highest BCUT2D eigenvalue weighted by molar-refractivity contribution is 7.89. The molecule has 0 aliphatic carbocycles. The fourth-order valence-corrected chi connectivity index (χ4v) is 3.15. The fourth-order valence-electron chi connectivity index (χ4n) is 2.37. The van der Waals surface area contributed by atoms with Gasteiger partial charge in [-0.1, -0.05) is 0 Å². The standard InChI is InChI=1S/C16H14O5S/c1-22(19,20)9-12-7-14(18)6-11-8-15(21-16(11)12)10-2-4-13(17)5-3-10/h2-8,17-18H,9H2,1H3. The van der Waals surface area contributed by atoms with Crippen LogP contribution in [0.4, 0.5) is 0 Å². The highest BCUT2D eigenvalue weighted by Crippen LogP contribution is 2.33. The zero-order valence-corrected chi connectivity index (χ0v) is 12.6. The molecule has 0 saturated heterocycles. The van der Waals surface area contributed by atoms with Crippen molar-refractivity contribution in [2.24, 2.45) is 0 Å². The lowest BCUT2D eigenvalue weighted by molar-refractivity contribution is 0.474.